The van der Waals surface area contributed by atoms with Crippen molar-refractivity contribution in [1.29, 1.82) is 0 Å². The van der Waals surface area contributed by atoms with Crippen LogP contribution in [0.1, 0.15) is 56.2 Å². The van der Waals surface area contributed by atoms with Crippen molar-refractivity contribution in [2.24, 2.45) is 0 Å². The van der Waals surface area contributed by atoms with Crippen LogP contribution in [-0.2, 0) is 17.8 Å². The first-order valence-electron chi connectivity index (χ1n) is 8.36. The molecule has 0 spiro atoms. The summed E-state index contributed by atoms with van der Waals surface area (Å²) in [5.41, 5.74) is 2.84. The van der Waals surface area contributed by atoms with Gasteiger partial charge in [-0.05, 0) is 56.2 Å². The second kappa shape index (κ2) is 6.22. The van der Waals surface area contributed by atoms with Gasteiger partial charge >= 0.3 is 0 Å². The van der Waals surface area contributed by atoms with E-state index in [9.17, 15) is 4.79 Å². The summed E-state index contributed by atoms with van der Waals surface area (Å²) in [5.74, 6) is 0.239. The van der Waals surface area contributed by atoms with Gasteiger partial charge < -0.3 is 14.8 Å². The Morgan fingerprint density at radius 3 is 2.90 bits per heavy atom. The van der Waals surface area contributed by atoms with Gasteiger partial charge in [0.25, 0.3) is 0 Å². The predicted octanol–water partition coefficient (Wildman–Crippen LogP) is 2.49. The molecule has 0 saturated heterocycles. The zero-order chi connectivity index (χ0) is 14.8. The van der Waals surface area contributed by atoms with Crippen LogP contribution in [0.4, 0.5) is 0 Å². The quantitative estimate of drug-likeness (QED) is 0.873. The number of rotatable bonds is 6. The number of fused-ring (bicyclic) bond motifs is 1. The van der Waals surface area contributed by atoms with E-state index in [1.165, 1.54) is 36.8 Å². The Kier molecular flexibility index (Phi) is 4.34. The summed E-state index contributed by atoms with van der Waals surface area (Å²) in [6.07, 6.45) is 11.5. The monoisotopic (exact) mass is 289 g/mol. The highest BCUT2D eigenvalue weighted by Crippen LogP contribution is 2.31. The van der Waals surface area contributed by atoms with Crippen molar-refractivity contribution in [3.8, 4) is 0 Å². The van der Waals surface area contributed by atoms with Gasteiger partial charge in [-0.3, -0.25) is 4.79 Å². The van der Waals surface area contributed by atoms with Gasteiger partial charge in [0.15, 0.2) is 0 Å². The molecule has 0 bridgehead atoms. The zero-order valence-corrected chi connectivity index (χ0v) is 13.3. The lowest BCUT2D eigenvalue weighted by Gasteiger charge is -2.23. The van der Waals surface area contributed by atoms with E-state index >= 15 is 0 Å². The zero-order valence-electron chi connectivity index (χ0n) is 13.3. The number of nitrogens with one attached hydrogen (secondary N) is 1. The van der Waals surface area contributed by atoms with Crippen LogP contribution in [-0.4, -0.2) is 35.0 Å². The number of carbonyl (C=O) groups is 1. The van der Waals surface area contributed by atoms with Crippen LogP contribution in [0.15, 0.2) is 12.4 Å². The van der Waals surface area contributed by atoms with Crippen molar-refractivity contribution in [2.75, 3.05) is 13.6 Å². The van der Waals surface area contributed by atoms with E-state index in [-0.39, 0.29) is 5.91 Å². The van der Waals surface area contributed by atoms with E-state index < -0.39 is 0 Å². The van der Waals surface area contributed by atoms with Crippen molar-refractivity contribution in [2.45, 2.75) is 64.1 Å². The van der Waals surface area contributed by atoms with Crippen LogP contribution in [0.3, 0.4) is 0 Å². The SMILES string of the molecule is CCCNC1CCCc2cn(CC(=O)N(C)C3CC3)cc21. The van der Waals surface area contributed by atoms with Crippen molar-refractivity contribution in [3.05, 3.63) is 23.5 Å². The summed E-state index contributed by atoms with van der Waals surface area (Å²) < 4.78 is 2.10. The van der Waals surface area contributed by atoms with Crippen molar-refractivity contribution in [3.63, 3.8) is 0 Å². The first kappa shape index (κ1) is 14.6. The molecule has 116 valence electrons. The summed E-state index contributed by atoms with van der Waals surface area (Å²) in [6, 6.07) is 0.980. The minimum Gasteiger partial charge on any atom is -0.344 e. The fourth-order valence-electron chi connectivity index (χ4n) is 3.30. The van der Waals surface area contributed by atoms with Crippen LogP contribution >= 0.6 is 0 Å². The first-order chi connectivity index (χ1) is 10.2. The topological polar surface area (TPSA) is 37.3 Å². The number of aromatic nitrogens is 1. The van der Waals surface area contributed by atoms with E-state index in [4.69, 9.17) is 0 Å². The molecule has 1 aromatic heterocycles. The maximum Gasteiger partial charge on any atom is 0.242 e. The fraction of sp³-hybridized carbons (Fsp3) is 0.706. The van der Waals surface area contributed by atoms with Gasteiger partial charge in [-0.1, -0.05) is 6.92 Å². The van der Waals surface area contributed by atoms with Crippen molar-refractivity contribution < 1.29 is 4.79 Å². The van der Waals surface area contributed by atoms with Gasteiger partial charge in [0, 0.05) is 31.5 Å². The standard InChI is InChI=1S/C17H27N3O/c1-3-9-18-16-6-4-5-13-10-20(11-15(13)16)12-17(21)19(2)14-7-8-14/h10-11,14,16,18H,3-9,12H2,1-2H3. The van der Waals surface area contributed by atoms with Gasteiger partial charge in [0.05, 0.1) is 0 Å². The van der Waals surface area contributed by atoms with Gasteiger partial charge in [0.1, 0.15) is 6.54 Å². The highest BCUT2D eigenvalue weighted by Gasteiger charge is 2.29. The minimum atomic E-state index is 0.239. The number of carbonyl (C=O) groups excluding carboxylic acids is 1. The smallest absolute Gasteiger partial charge is 0.242 e. The molecule has 1 aromatic rings. The molecule has 2 aliphatic carbocycles. The third kappa shape index (κ3) is 3.31. The second-order valence-electron chi connectivity index (χ2n) is 6.55. The number of amides is 1. The van der Waals surface area contributed by atoms with Gasteiger partial charge in [-0.15, -0.1) is 0 Å². The van der Waals surface area contributed by atoms with Crippen LogP contribution in [0.5, 0.6) is 0 Å². The molecule has 0 aromatic carbocycles. The number of hydrogen-bond donors (Lipinski definition) is 1. The Labute approximate surface area is 127 Å². The molecule has 0 radical (unpaired) electrons. The first-order valence-corrected chi connectivity index (χ1v) is 8.36. The molecule has 1 unspecified atom stereocenters. The molecular formula is C17H27N3O. The molecule has 4 nitrogen and oxygen atoms in total. The molecule has 21 heavy (non-hydrogen) atoms. The second-order valence-corrected chi connectivity index (χ2v) is 6.55. The van der Waals surface area contributed by atoms with Crippen LogP contribution in [0, 0.1) is 0 Å². The van der Waals surface area contributed by atoms with Gasteiger partial charge in [0.2, 0.25) is 5.91 Å². The summed E-state index contributed by atoms with van der Waals surface area (Å²) in [7, 11) is 1.94. The lowest BCUT2D eigenvalue weighted by atomic mass is 9.91. The predicted molar refractivity (Wildman–Crippen MR) is 84.2 cm³/mol. The number of nitrogens with zero attached hydrogens (tertiary/aromatic N) is 2. The molecule has 1 saturated carbocycles. The Morgan fingerprint density at radius 1 is 1.38 bits per heavy atom. The molecule has 0 aliphatic heterocycles. The van der Waals surface area contributed by atoms with E-state index in [1.54, 1.807) is 0 Å². The molecule has 1 amide bonds. The Hall–Kier alpha value is -1.29. The van der Waals surface area contributed by atoms with Crippen molar-refractivity contribution >= 4 is 5.91 Å². The number of hydrogen-bond acceptors (Lipinski definition) is 2. The van der Waals surface area contributed by atoms with Gasteiger partial charge in [-0.25, -0.2) is 0 Å². The number of likely N-dealkylation sites (N-methyl/N-ethyl adjacent to an activating group) is 1. The van der Waals surface area contributed by atoms with Crippen LogP contribution in [0.25, 0.3) is 0 Å². The minimum absolute atomic E-state index is 0.239. The number of aryl methyl sites for hydroxylation is 1. The lowest BCUT2D eigenvalue weighted by Crippen LogP contribution is -2.31. The highest BCUT2D eigenvalue weighted by molar-refractivity contribution is 5.76. The Balaban J connectivity index is 1.67. The van der Waals surface area contributed by atoms with Crippen LogP contribution < -0.4 is 5.32 Å². The molecule has 3 rings (SSSR count). The molecule has 1 fully saturated rings. The summed E-state index contributed by atoms with van der Waals surface area (Å²) in [4.78, 5) is 14.2. The largest absolute Gasteiger partial charge is 0.344 e. The van der Waals surface area contributed by atoms with E-state index in [0.29, 0.717) is 18.6 Å². The molecular weight excluding hydrogens is 262 g/mol. The molecule has 1 heterocycles. The normalized spacial score (nSPS) is 21.1. The van der Waals surface area contributed by atoms with E-state index in [2.05, 4.69) is 29.2 Å². The summed E-state index contributed by atoms with van der Waals surface area (Å²) >= 11 is 0. The van der Waals surface area contributed by atoms with E-state index in [0.717, 1.165) is 19.4 Å². The summed E-state index contributed by atoms with van der Waals surface area (Å²) in [5, 5.41) is 3.64. The molecule has 2 aliphatic rings. The van der Waals surface area contributed by atoms with Crippen molar-refractivity contribution in [1.82, 2.24) is 14.8 Å². The average Bonchev–Trinajstić information content (AvgIpc) is 3.24. The third-order valence-corrected chi connectivity index (χ3v) is 4.76. The molecule has 1 N–H and O–H groups in total. The molecule has 1 atom stereocenters. The Morgan fingerprint density at radius 2 is 2.19 bits per heavy atom. The average molecular weight is 289 g/mol. The fourth-order valence-corrected chi connectivity index (χ4v) is 3.30. The maximum atomic E-state index is 12.2. The lowest BCUT2D eigenvalue weighted by molar-refractivity contribution is -0.131. The summed E-state index contributed by atoms with van der Waals surface area (Å²) in [6.45, 7) is 3.76. The highest BCUT2D eigenvalue weighted by atomic mass is 16.2. The Bertz CT molecular complexity index is 504. The third-order valence-electron chi connectivity index (χ3n) is 4.76. The van der Waals surface area contributed by atoms with E-state index in [1.807, 2.05) is 11.9 Å². The van der Waals surface area contributed by atoms with Gasteiger partial charge in [-0.2, -0.15) is 0 Å². The van der Waals surface area contributed by atoms with Crippen LogP contribution in [0.2, 0.25) is 0 Å². The molecule has 4 heteroatoms. The maximum absolute atomic E-state index is 12.2.